The van der Waals surface area contributed by atoms with E-state index in [1.165, 1.54) is 0 Å². The Bertz CT molecular complexity index is 1260. The second kappa shape index (κ2) is 12.0. The third kappa shape index (κ3) is 6.07. The molecule has 1 aliphatic rings. The average Bonchev–Trinajstić information content (AvgIpc) is 3.63. The molecule has 0 spiro atoms. The van der Waals surface area contributed by atoms with Crippen molar-refractivity contribution in [2.24, 2.45) is 0 Å². The number of tetrazole rings is 1. The molecule has 196 valence electrons. The first-order valence-electron chi connectivity index (χ1n) is 12.8. The number of benzene rings is 3. The number of nitrogens with zero attached hydrogens (tertiary/aromatic N) is 5. The highest BCUT2D eigenvalue weighted by Gasteiger charge is 2.33. The van der Waals surface area contributed by atoms with Gasteiger partial charge in [-0.1, -0.05) is 78.0 Å². The number of aliphatic hydroxyl groups is 1. The Hall–Kier alpha value is -4.08. The largest absolute Gasteiger partial charge is 0.485 e. The summed E-state index contributed by atoms with van der Waals surface area (Å²) in [5, 5.41) is 24.0. The average molecular weight is 513 g/mol. The van der Waals surface area contributed by atoms with Gasteiger partial charge in [-0.3, -0.25) is 9.69 Å². The zero-order valence-electron chi connectivity index (χ0n) is 21.4. The SMILES string of the molecule is CN(C(=O)C(c1ccccc1)c1ccccc1)[C@H](CN1CC[C@H](O)C1)c1cccc(OCc2nn[nH]n2)c1. The predicted octanol–water partition coefficient (Wildman–Crippen LogP) is 3.18. The van der Waals surface area contributed by atoms with E-state index in [0.29, 0.717) is 24.7 Å². The number of H-pyrrole nitrogens is 1. The Morgan fingerprint density at radius 1 is 1.05 bits per heavy atom. The second-order valence-electron chi connectivity index (χ2n) is 9.61. The van der Waals surface area contributed by atoms with Crippen LogP contribution in [0, 0.1) is 0 Å². The molecule has 1 aromatic heterocycles. The van der Waals surface area contributed by atoms with E-state index in [1.54, 1.807) is 0 Å². The van der Waals surface area contributed by atoms with Crippen molar-refractivity contribution in [2.45, 2.75) is 31.1 Å². The van der Waals surface area contributed by atoms with Crippen molar-refractivity contribution < 1.29 is 14.6 Å². The van der Waals surface area contributed by atoms with Gasteiger partial charge in [-0.15, -0.1) is 10.2 Å². The standard InChI is InChI=1S/C29H32N6O3/c1-34(29(37)28(21-9-4-2-5-10-21)22-11-6-3-7-12-22)26(19-35-16-15-24(36)18-35)23-13-8-14-25(17-23)38-20-27-30-32-33-31-27/h2-14,17,24,26,28,36H,15-16,18-20H2,1H3,(H,30,31,32,33)/t24-,26+/m0/s1. The highest BCUT2D eigenvalue weighted by atomic mass is 16.5. The van der Waals surface area contributed by atoms with E-state index in [2.05, 4.69) is 25.5 Å². The molecule has 3 aromatic carbocycles. The lowest BCUT2D eigenvalue weighted by molar-refractivity contribution is -0.133. The van der Waals surface area contributed by atoms with E-state index < -0.39 is 5.92 Å². The lowest BCUT2D eigenvalue weighted by atomic mass is 9.89. The molecule has 38 heavy (non-hydrogen) atoms. The number of ether oxygens (including phenoxy) is 1. The molecule has 9 nitrogen and oxygen atoms in total. The number of hydrogen-bond donors (Lipinski definition) is 2. The van der Waals surface area contributed by atoms with Crippen molar-refractivity contribution in [1.82, 2.24) is 30.4 Å². The third-order valence-electron chi connectivity index (χ3n) is 7.01. The van der Waals surface area contributed by atoms with Crippen LogP contribution < -0.4 is 4.74 Å². The molecule has 5 rings (SSSR count). The summed E-state index contributed by atoms with van der Waals surface area (Å²) in [7, 11) is 1.87. The van der Waals surface area contributed by atoms with E-state index in [4.69, 9.17) is 4.74 Å². The van der Waals surface area contributed by atoms with Crippen LogP contribution in [-0.4, -0.2) is 74.2 Å². The van der Waals surface area contributed by atoms with Crippen LogP contribution in [0.25, 0.3) is 0 Å². The van der Waals surface area contributed by atoms with Gasteiger partial charge in [-0.25, -0.2) is 0 Å². The number of carbonyl (C=O) groups is 1. The number of aliphatic hydroxyl groups excluding tert-OH is 1. The minimum atomic E-state index is -0.438. The van der Waals surface area contributed by atoms with Crippen molar-refractivity contribution in [2.75, 3.05) is 26.7 Å². The van der Waals surface area contributed by atoms with Gasteiger partial charge in [0.15, 0.2) is 6.61 Å². The molecule has 1 saturated heterocycles. The van der Waals surface area contributed by atoms with Crippen LogP contribution in [0.2, 0.25) is 0 Å². The van der Waals surface area contributed by atoms with Crippen LogP contribution in [0.4, 0.5) is 0 Å². The van der Waals surface area contributed by atoms with Crippen LogP contribution in [0.5, 0.6) is 5.75 Å². The topological polar surface area (TPSA) is 107 Å². The summed E-state index contributed by atoms with van der Waals surface area (Å²) in [4.78, 5) is 18.3. The van der Waals surface area contributed by atoms with Crippen LogP contribution in [0.1, 0.15) is 40.9 Å². The monoisotopic (exact) mass is 512 g/mol. The third-order valence-corrected chi connectivity index (χ3v) is 7.01. The molecule has 0 unspecified atom stereocenters. The van der Waals surface area contributed by atoms with Crippen molar-refractivity contribution in [1.29, 1.82) is 0 Å². The lowest BCUT2D eigenvalue weighted by Crippen LogP contribution is -2.41. The Balaban J connectivity index is 1.45. The molecule has 1 amide bonds. The van der Waals surface area contributed by atoms with Gasteiger partial charge >= 0.3 is 0 Å². The molecule has 1 aliphatic heterocycles. The lowest BCUT2D eigenvalue weighted by Gasteiger charge is -2.34. The van der Waals surface area contributed by atoms with Gasteiger partial charge in [0.2, 0.25) is 11.7 Å². The van der Waals surface area contributed by atoms with Crippen molar-refractivity contribution >= 4 is 5.91 Å². The Labute approximate surface area is 222 Å². The molecule has 9 heteroatoms. The van der Waals surface area contributed by atoms with Gasteiger partial charge in [0.1, 0.15) is 5.75 Å². The molecule has 0 saturated carbocycles. The normalized spacial score (nSPS) is 16.4. The van der Waals surface area contributed by atoms with Gasteiger partial charge in [0, 0.05) is 26.7 Å². The Morgan fingerprint density at radius 2 is 1.74 bits per heavy atom. The summed E-state index contributed by atoms with van der Waals surface area (Å²) in [6, 6.07) is 27.3. The molecular formula is C29H32N6O3. The van der Waals surface area contributed by atoms with Gasteiger partial charge in [-0.05, 0) is 35.2 Å². The molecule has 0 bridgehead atoms. The molecule has 0 radical (unpaired) electrons. The molecule has 1 fully saturated rings. The highest BCUT2D eigenvalue weighted by Crippen LogP contribution is 2.32. The molecule has 2 atom stereocenters. The fourth-order valence-corrected chi connectivity index (χ4v) is 5.00. The minimum absolute atomic E-state index is 0.00487. The number of hydrogen-bond acceptors (Lipinski definition) is 7. The quantitative estimate of drug-likeness (QED) is 0.336. The first kappa shape index (κ1) is 25.6. The molecule has 4 aromatic rings. The zero-order valence-corrected chi connectivity index (χ0v) is 21.4. The maximum absolute atomic E-state index is 14.3. The van der Waals surface area contributed by atoms with Crippen LogP contribution >= 0.6 is 0 Å². The Kier molecular flexibility index (Phi) is 8.06. The maximum atomic E-state index is 14.3. The summed E-state index contributed by atoms with van der Waals surface area (Å²) in [5.41, 5.74) is 2.85. The number of carbonyl (C=O) groups excluding carboxylic acids is 1. The predicted molar refractivity (Wildman–Crippen MR) is 142 cm³/mol. The van der Waals surface area contributed by atoms with Crippen LogP contribution in [0.3, 0.4) is 0 Å². The number of nitrogens with one attached hydrogen (secondary N) is 1. The summed E-state index contributed by atoms with van der Waals surface area (Å²) >= 11 is 0. The number of aromatic amines is 1. The van der Waals surface area contributed by atoms with Gasteiger partial charge in [0.25, 0.3) is 0 Å². The van der Waals surface area contributed by atoms with E-state index in [1.807, 2.05) is 96.9 Å². The molecule has 2 N–H and O–H groups in total. The maximum Gasteiger partial charge on any atom is 0.234 e. The van der Waals surface area contributed by atoms with Crippen molar-refractivity contribution in [3.63, 3.8) is 0 Å². The van der Waals surface area contributed by atoms with Gasteiger partial charge in [-0.2, -0.15) is 5.21 Å². The number of rotatable bonds is 10. The zero-order chi connectivity index (χ0) is 26.3. The van der Waals surface area contributed by atoms with Crippen molar-refractivity contribution in [3.05, 3.63) is 107 Å². The molecular weight excluding hydrogens is 480 g/mol. The van der Waals surface area contributed by atoms with Crippen LogP contribution in [-0.2, 0) is 11.4 Å². The number of amides is 1. The first-order chi connectivity index (χ1) is 18.6. The van der Waals surface area contributed by atoms with E-state index in [0.717, 1.165) is 29.7 Å². The minimum Gasteiger partial charge on any atom is -0.485 e. The fourth-order valence-electron chi connectivity index (χ4n) is 5.00. The number of likely N-dealkylation sites (N-methyl/N-ethyl adjacent to an activating group) is 1. The summed E-state index contributed by atoms with van der Waals surface area (Å²) in [6.45, 7) is 2.16. The van der Waals surface area contributed by atoms with Gasteiger partial charge in [0.05, 0.1) is 18.1 Å². The number of likely N-dealkylation sites (tertiary alicyclic amines) is 1. The van der Waals surface area contributed by atoms with Crippen molar-refractivity contribution in [3.8, 4) is 5.75 Å². The highest BCUT2D eigenvalue weighted by molar-refractivity contribution is 5.87. The Morgan fingerprint density at radius 3 is 2.34 bits per heavy atom. The first-order valence-corrected chi connectivity index (χ1v) is 12.8. The summed E-state index contributed by atoms with van der Waals surface area (Å²) in [5.74, 6) is 0.679. The summed E-state index contributed by atoms with van der Waals surface area (Å²) < 4.78 is 5.91. The van der Waals surface area contributed by atoms with Gasteiger partial charge < -0.3 is 14.7 Å². The van der Waals surface area contributed by atoms with E-state index in [-0.39, 0.29) is 24.7 Å². The number of β-amino-alcohol motifs (C(OH)–C–C–N with tert-alkyl or cyclic N) is 1. The number of aromatic nitrogens is 4. The van der Waals surface area contributed by atoms with E-state index >= 15 is 0 Å². The summed E-state index contributed by atoms with van der Waals surface area (Å²) in [6.07, 6.45) is 0.386. The fraction of sp³-hybridized carbons (Fsp3) is 0.310. The van der Waals surface area contributed by atoms with E-state index in [9.17, 15) is 9.90 Å². The molecule has 0 aliphatic carbocycles. The second-order valence-corrected chi connectivity index (χ2v) is 9.61. The van der Waals surface area contributed by atoms with Crippen LogP contribution in [0.15, 0.2) is 84.9 Å². The smallest absolute Gasteiger partial charge is 0.234 e. The molecule has 2 heterocycles.